The van der Waals surface area contributed by atoms with E-state index in [0.717, 1.165) is 4.90 Å². The minimum atomic E-state index is -0.704. The van der Waals surface area contributed by atoms with Gasteiger partial charge in [-0.15, -0.1) is 0 Å². The number of nitrogens with one attached hydrogen (secondary N) is 2. The Morgan fingerprint density at radius 2 is 1.49 bits per heavy atom. The van der Waals surface area contributed by atoms with Gasteiger partial charge in [-0.1, -0.05) is 23.2 Å². The van der Waals surface area contributed by atoms with Crippen LogP contribution in [0.4, 0.5) is 17.1 Å². The summed E-state index contributed by atoms with van der Waals surface area (Å²) in [7, 11) is 2.89. The highest BCUT2D eigenvalue weighted by Crippen LogP contribution is 2.38. The number of hydrogen-bond acceptors (Lipinski definition) is 6. The van der Waals surface area contributed by atoms with Crippen molar-refractivity contribution in [2.75, 3.05) is 29.8 Å². The van der Waals surface area contributed by atoms with Crippen molar-refractivity contribution in [2.24, 2.45) is 0 Å². The number of ether oxygens (including phenoxy) is 2. The molecule has 1 heterocycles. The zero-order valence-electron chi connectivity index (χ0n) is 18.6. The minimum Gasteiger partial charge on any atom is -0.497 e. The van der Waals surface area contributed by atoms with Gasteiger partial charge < -0.3 is 20.1 Å². The number of hydrogen-bond donors (Lipinski definition) is 2. The summed E-state index contributed by atoms with van der Waals surface area (Å²) in [6, 6.07) is 17.8. The maximum Gasteiger partial charge on any atom is 0.283 e. The van der Waals surface area contributed by atoms with Crippen LogP contribution in [-0.2, 0) is 9.59 Å². The number of nitrogens with zero attached hydrogens (tertiary/aromatic N) is 1. The van der Waals surface area contributed by atoms with E-state index < -0.39 is 11.8 Å². The van der Waals surface area contributed by atoms with Gasteiger partial charge in [0, 0.05) is 28.0 Å². The van der Waals surface area contributed by atoms with E-state index in [1.807, 2.05) is 0 Å². The SMILES string of the molecule is COc1ccc(OC)c(N2C(=O)C(Cl)=C(Nc3ccc(C(=O)Nc4ccc(Cl)cc4)cc3)C2=O)c1. The first-order valence-corrected chi connectivity index (χ1v) is 11.0. The normalized spacial score (nSPS) is 13.2. The minimum absolute atomic E-state index is 0.0973. The monoisotopic (exact) mass is 511 g/mol. The molecule has 2 N–H and O–H groups in total. The fraction of sp³-hybridized carbons (Fsp3) is 0.0800. The summed E-state index contributed by atoms with van der Waals surface area (Å²) < 4.78 is 10.5. The third-order valence-electron chi connectivity index (χ3n) is 5.17. The van der Waals surface area contributed by atoms with E-state index in [2.05, 4.69) is 10.6 Å². The molecule has 0 fully saturated rings. The first-order chi connectivity index (χ1) is 16.8. The Hall–Kier alpha value is -4.01. The van der Waals surface area contributed by atoms with Crippen LogP contribution < -0.4 is 25.0 Å². The number of carbonyl (C=O) groups excluding carboxylic acids is 3. The van der Waals surface area contributed by atoms with Crippen LogP contribution in [0.5, 0.6) is 11.5 Å². The predicted molar refractivity (Wildman–Crippen MR) is 134 cm³/mol. The molecule has 0 unspecified atom stereocenters. The molecule has 0 saturated carbocycles. The van der Waals surface area contributed by atoms with E-state index in [1.54, 1.807) is 60.7 Å². The van der Waals surface area contributed by atoms with E-state index in [-0.39, 0.29) is 22.3 Å². The van der Waals surface area contributed by atoms with Crippen molar-refractivity contribution >= 4 is 58.0 Å². The van der Waals surface area contributed by atoms with E-state index in [9.17, 15) is 14.4 Å². The van der Waals surface area contributed by atoms with Gasteiger partial charge in [-0.25, -0.2) is 4.90 Å². The van der Waals surface area contributed by atoms with E-state index in [1.165, 1.54) is 20.3 Å². The lowest BCUT2D eigenvalue weighted by molar-refractivity contribution is -0.120. The van der Waals surface area contributed by atoms with Gasteiger partial charge in [0.25, 0.3) is 17.7 Å². The fourth-order valence-corrected chi connectivity index (χ4v) is 3.73. The largest absolute Gasteiger partial charge is 0.497 e. The van der Waals surface area contributed by atoms with Crippen LogP contribution in [0.25, 0.3) is 0 Å². The highest BCUT2D eigenvalue weighted by Gasteiger charge is 2.40. The number of anilines is 3. The van der Waals surface area contributed by atoms with Crippen molar-refractivity contribution in [1.82, 2.24) is 0 Å². The standard InChI is InChI=1S/C25H19Cl2N3O5/c1-34-18-11-12-20(35-2)19(13-18)30-24(32)21(27)22(25(30)33)28-16-7-3-14(4-8-16)23(31)29-17-9-5-15(26)6-10-17/h3-13,28H,1-2H3,(H,29,31). The summed E-state index contributed by atoms with van der Waals surface area (Å²) in [6.07, 6.45) is 0. The summed E-state index contributed by atoms with van der Waals surface area (Å²) in [4.78, 5) is 39.4. The van der Waals surface area contributed by atoms with Crippen molar-refractivity contribution < 1.29 is 23.9 Å². The van der Waals surface area contributed by atoms with Crippen molar-refractivity contribution in [2.45, 2.75) is 0 Å². The molecule has 1 aliphatic heterocycles. The molecule has 3 amide bonds. The molecule has 3 aromatic rings. The van der Waals surface area contributed by atoms with Crippen LogP contribution in [0.3, 0.4) is 0 Å². The zero-order chi connectivity index (χ0) is 25.1. The highest BCUT2D eigenvalue weighted by molar-refractivity contribution is 6.53. The molecular weight excluding hydrogens is 493 g/mol. The number of halogens is 2. The van der Waals surface area contributed by atoms with Gasteiger partial charge >= 0.3 is 0 Å². The van der Waals surface area contributed by atoms with Crippen LogP contribution in [0.1, 0.15) is 10.4 Å². The lowest BCUT2D eigenvalue weighted by atomic mass is 10.2. The molecule has 8 nitrogen and oxygen atoms in total. The molecule has 0 spiro atoms. The second-order valence-electron chi connectivity index (χ2n) is 7.34. The molecule has 0 atom stereocenters. The number of rotatable bonds is 7. The molecular formula is C25H19Cl2N3O5. The molecule has 0 radical (unpaired) electrons. The first kappa shape index (κ1) is 24.1. The molecule has 178 valence electrons. The molecule has 10 heteroatoms. The third kappa shape index (κ3) is 4.94. The van der Waals surface area contributed by atoms with Gasteiger partial charge in [0.15, 0.2) is 0 Å². The molecule has 3 aromatic carbocycles. The second kappa shape index (κ2) is 10.1. The van der Waals surface area contributed by atoms with Crippen molar-refractivity contribution in [3.63, 3.8) is 0 Å². The second-order valence-corrected chi connectivity index (χ2v) is 8.15. The van der Waals surface area contributed by atoms with Crippen LogP contribution in [0, 0.1) is 0 Å². The summed E-state index contributed by atoms with van der Waals surface area (Å²) in [5.74, 6) is -0.944. The fourth-order valence-electron chi connectivity index (χ4n) is 3.39. The van der Waals surface area contributed by atoms with E-state index in [0.29, 0.717) is 33.5 Å². The highest BCUT2D eigenvalue weighted by atomic mass is 35.5. The first-order valence-electron chi connectivity index (χ1n) is 10.3. The van der Waals surface area contributed by atoms with E-state index in [4.69, 9.17) is 32.7 Å². The van der Waals surface area contributed by atoms with E-state index >= 15 is 0 Å². The van der Waals surface area contributed by atoms with Gasteiger partial charge in [-0.3, -0.25) is 14.4 Å². The topological polar surface area (TPSA) is 97.0 Å². The number of methoxy groups -OCH3 is 2. The molecule has 1 aliphatic rings. The summed E-state index contributed by atoms with van der Waals surface area (Å²) in [5.41, 5.74) is 1.55. The maximum absolute atomic E-state index is 13.1. The van der Waals surface area contributed by atoms with Crippen LogP contribution in [0.2, 0.25) is 5.02 Å². The molecule has 0 saturated heterocycles. The lowest BCUT2D eigenvalue weighted by Gasteiger charge is -2.19. The Labute approximate surface area is 211 Å². The molecule has 0 aromatic heterocycles. The van der Waals surface area contributed by atoms with Crippen molar-refractivity contribution in [1.29, 1.82) is 0 Å². The number of carbonyl (C=O) groups is 3. The summed E-state index contributed by atoms with van der Waals surface area (Å²) in [5, 5.41) is 5.93. The number of imide groups is 1. The Balaban J connectivity index is 1.51. The van der Waals surface area contributed by atoms with Gasteiger partial charge in [-0.2, -0.15) is 0 Å². The van der Waals surface area contributed by atoms with Gasteiger partial charge in [0.05, 0.1) is 19.9 Å². The summed E-state index contributed by atoms with van der Waals surface area (Å²) in [6.45, 7) is 0. The molecule has 0 bridgehead atoms. The van der Waals surface area contributed by atoms with Crippen LogP contribution in [-0.4, -0.2) is 31.9 Å². The van der Waals surface area contributed by atoms with Crippen molar-refractivity contribution in [3.8, 4) is 11.5 Å². The average Bonchev–Trinajstić information content (AvgIpc) is 3.08. The molecule has 4 rings (SSSR count). The quantitative estimate of drug-likeness (QED) is 0.431. The Morgan fingerprint density at radius 3 is 2.11 bits per heavy atom. The molecule has 35 heavy (non-hydrogen) atoms. The van der Waals surface area contributed by atoms with Gasteiger partial charge in [0.2, 0.25) is 0 Å². The third-order valence-corrected chi connectivity index (χ3v) is 5.78. The Morgan fingerprint density at radius 1 is 0.829 bits per heavy atom. The van der Waals surface area contributed by atoms with Crippen molar-refractivity contribution in [3.05, 3.63) is 88.0 Å². The molecule has 0 aliphatic carbocycles. The Bertz CT molecular complexity index is 1340. The zero-order valence-corrected chi connectivity index (χ0v) is 20.1. The number of benzene rings is 3. The maximum atomic E-state index is 13.1. The van der Waals surface area contributed by atoms with Gasteiger partial charge in [-0.05, 0) is 60.7 Å². The van der Waals surface area contributed by atoms with Crippen LogP contribution in [0.15, 0.2) is 77.5 Å². The Kier molecular flexibility index (Phi) is 6.95. The summed E-state index contributed by atoms with van der Waals surface area (Å²) >= 11 is 12.1. The van der Waals surface area contributed by atoms with Crippen LogP contribution >= 0.6 is 23.2 Å². The van der Waals surface area contributed by atoms with Gasteiger partial charge in [0.1, 0.15) is 22.2 Å². The smallest absolute Gasteiger partial charge is 0.283 e. The predicted octanol–water partition coefficient (Wildman–Crippen LogP) is 5.05. The lowest BCUT2D eigenvalue weighted by Crippen LogP contribution is -2.32. The number of amides is 3. The average molecular weight is 512 g/mol.